The van der Waals surface area contributed by atoms with Gasteiger partial charge in [0.05, 0.1) is 7.11 Å². The number of hydrogen-bond acceptors (Lipinski definition) is 3. The highest BCUT2D eigenvalue weighted by molar-refractivity contribution is 5.94. The molecule has 0 saturated heterocycles. The molecule has 2 aromatic rings. The number of methoxy groups -OCH3 is 1. The fourth-order valence-corrected chi connectivity index (χ4v) is 2.62. The van der Waals surface area contributed by atoms with E-state index >= 15 is 0 Å². The lowest BCUT2D eigenvalue weighted by Crippen LogP contribution is -2.23. The van der Waals surface area contributed by atoms with E-state index in [0.717, 1.165) is 5.56 Å². The van der Waals surface area contributed by atoms with Crippen molar-refractivity contribution >= 4 is 11.7 Å². The number of fused-ring (bicyclic) bond motifs is 1. The van der Waals surface area contributed by atoms with E-state index in [0.29, 0.717) is 23.7 Å². The molecule has 1 aromatic carbocycles. The summed E-state index contributed by atoms with van der Waals surface area (Å²) in [4.78, 5) is 11.9. The Morgan fingerprint density at radius 1 is 1.48 bits per heavy atom. The van der Waals surface area contributed by atoms with Gasteiger partial charge in [0.2, 0.25) is 5.91 Å². The van der Waals surface area contributed by atoms with Gasteiger partial charge in [-0.15, -0.1) is 0 Å². The number of benzene rings is 1. The normalized spacial score (nSPS) is 17.3. The number of hydrogen-bond donors (Lipinski definition) is 1. The highest BCUT2D eigenvalue weighted by Gasteiger charge is 2.31. The van der Waals surface area contributed by atoms with Crippen LogP contribution in [0.1, 0.15) is 30.4 Å². The molecule has 6 heteroatoms. The monoisotopic (exact) mass is 289 g/mol. The Bertz CT molecular complexity index is 696. The zero-order valence-electron chi connectivity index (χ0n) is 11.9. The Kier molecular flexibility index (Phi) is 3.37. The first-order valence-electron chi connectivity index (χ1n) is 6.83. The van der Waals surface area contributed by atoms with Crippen molar-refractivity contribution in [2.75, 3.05) is 12.4 Å². The summed E-state index contributed by atoms with van der Waals surface area (Å²) < 4.78 is 21.1. The van der Waals surface area contributed by atoms with E-state index in [1.165, 1.54) is 13.2 Å². The fourth-order valence-electron chi connectivity index (χ4n) is 2.62. The molecule has 1 aromatic heterocycles. The molecule has 0 spiro atoms. The van der Waals surface area contributed by atoms with Crippen molar-refractivity contribution in [1.29, 1.82) is 0 Å². The minimum Gasteiger partial charge on any atom is -0.497 e. The van der Waals surface area contributed by atoms with Crippen LogP contribution in [0.2, 0.25) is 0 Å². The van der Waals surface area contributed by atoms with Crippen molar-refractivity contribution in [3.05, 3.63) is 41.3 Å². The highest BCUT2D eigenvalue weighted by atomic mass is 19.1. The van der Waals surface area contributed by atoms with Gasteiger partial charge in [-0.1, -0.05) is 0 Å². The molecule has 1 N–H and O–H groups in total. The van der Waals surface area contributed by atoms with Crippen molar-refractivity contribution in [3.63, 3.8) is 0 Å². The molecule has 21 heavy (non-hydrogen) atoms. The lowest BCUT2D eigenvalue weighted by Gasteiger charge is -2.22. The van der Waals surface area contributed by atoms with Crippen LogP contribution in [0.4, 0.5) is 10.2 Å². The van der Waals surface area contributed by atoms with Gasteiger partial charge >= 0.3 is 0 Å². The number of carbonyl (C=O) groups is 1. The van der Waals surface area contributed by atoms with E-state index in [9.17, 15) is 9.18 Å². The Morgan fingerprint density at radius 3 is 3.00 bits per heavy atom. The van der Waals surface area contributed by atoms with E-state index in [4.69, 9.17) is 4.74 Å². The van der Waals surface area contributed by atoms with Gasteiger partial charge in [-0.2, -0.15) is 5.10 Å². The van der Waals surface area contributed by atoms with E-state index in [1.807, 2.05) is 13.1 Å². The summed E-state index contributed by atoms with van der Waals surface area (Å²) in [6.07, 6.45) is 2.06. The summed E-state index contributed by atoms with van der Waals surface area (Å²) in [5.41, 5.74) is 1.30. The van der Waals surface area contributed by atoms with Crippen molar-refractivity contribution in [2.45, 2.75) is 25.8 Å². The molecule has 2 heterocycles. The number of rotatable bonds is 3. The topological polar surface area (TPSA) is 56.2 Å². The van der Waals surface area contributed by atoms with Gasteiger partial charge < -0.3 is 10.1 Å². The molecule has 1 aliphatic heterocycles. The zero-order valence-corrected chi connectivity index (χ0v) is 11.9. The number of aromatic nitrogens is 2. The quantitative estimate of drug-likeness (QED) is 0.944. The minimum absolute atomic E-state index is 0.156. The number of ether oxygens (including phenoxy) is 1. The maximum Gasteiger partial charge on any atom is 0.226 e. The third-order valence-electron chi connectivity index (χ3n) is 3.72. The molecule has 0 fully saturated rings. The molecular formula is C15H16FN3O2. The van der Waals surface area contributed by atoms with Crippen LogP contribution in [0.5, 0.6) is 5.75 Å². The van der Waals surface area contributed by atoms with Gasteiger partial charge in [-0.05, 0) is 30.7 Å². The number of amides is 1. The van der Waals surface area contributed by atoms with Gasteiger partial charge in [0.15, 0.2) is 5.82 Å². The minimum atomic E-state index is -0.343. The van der Waals surface area contributed by atoms with Crippen molar-refractivity contribution in [1.82, 2.24) is 9.78 Å². The van der Waals surface area contributed by atoms with Crippen LogP contribution in [-0.4, -0.2) is 22.8 Å². The van der Waals surface area contributed by atoms with Gasteiger partial charge in [0.25, 0.3) is 0 Å². The molecule has 0 radical (unpaired) electrons. The van der Waals surface area contributed by atoms with Gasteiger partial charge in [-0.25, -0.2) is 4.39 Å². The van der Waals surface area contributed by atoms with Crippen LogP contribution >= 0.6 is 0 Å². The molecular weight excluding hydrogens is 273 g/mol. The summed E-state index contributed by atoms with van der Waals surface area (Å²) in [6.45, 7) is 2.65. The van der Waals surface area contributed by atoms with E-state index in [1.54, 1.807) is 16.8 Å². The van der Waals surface area contributed by atoms with Crippen LogP contribution in [0.3, 0.4) is 0 Å². The molecule has 3 rings (SSSR count). The van der Waals surface area contributed by atoms with Crippen LogP contribution in [0, 0.1) is 5.82 Å². The summed E-state index contributed by atoms with van der Waals surface area (Å²) in [5, 5.41) is 7.04. The molecule has 1 aliphatic rings. The number of carbonyl (C=O) groups excluding carboxylic acids is 1. The van der Waals surface area contributed by atoms with E-state index in [2.05, 4.69) is 10.4 Å². The van der Waals surface area contributed by atoms with Gasteiger partial charge in [-0.3, -0.25) is 9.48 Å². The van der Waals surface area contributed by atoms with Crippen LogP contribution in [-0.2, 0) is 11.3 Å². The van der Waals surface area contributed by atoms with Crippen molar-refractivity contribution in [2.24, 2.45) is 0 Å². The first-order chi connectivity index (χ1) is 10.1. The molecule has 1 amide bonds. The van der Waals surface area contributed by atoms with Crippen LogP contribution in [0.25, 0.3) is 0 Å². The van der Waals surface area contributed by atoms with Crippen molar-refractivity contribution < 1.29 is 13.9 Å². The molecule has 110 valence electrons. The van der Waals surface area contributed by atoms with Crippen molar-refractivity contribution in [3.8, 4) is 5.75 Å². The maximum atomic E-state index is 14.2. The second kappa shape index (κ2) is 5.20. The number of aryl methyl sites for hydroxylation is 1. The lowest BCUT2D eigenvalue weighted by atomic mass is 9.87. The Labute approximate surface area is 121 Å². The molecule has 0 bridgehead atoms. The second-order valence-corrected chi connectivity index (χ2v) is 4.98. The highest BCUT2D eigenvalue weighted by Crippen LogP contribution is 2.38. The fraction of sp³-hybridized carbons (Fsp3) is 0.333. The SMILES string of the molecule is CCn1cc2c(n1)NC(=O)CC2c1cc(OC)ccc1F. The average molecular weight is 289 g/mol. The van der Waals surface area contributed by atoms with E-state index < -0.39 is 0 Å². The molecule has 0 aliphatic carbocycles. The maximum absolute atomic E-state index is 14.2. The lowest BCUT2D eigenvalue weighted by molar-refractivity contribution is -0.116. The summed E-state index contributed by atoms with van der Waals surface area (Å²) in [7, 11) is 1.53. The number of anilines is 1. The first-order valence-corrected chi connectivity index (χ1v) is 6.83. The number of halogens is 1. The van der Waals surface area contributed by atoms with E-state index in [-0.39, 0.29) is 24.1 Å². The Morgan fingerprint density at radius 2 is 2.29 bits per heavy atom. The average Bonchev–Trinajstić information content (AvgIpc) is 2.90. The molecule has 0 saturated carbocycles. The predicted octanol–water partition coefficient (Wildman–Crippen LogP) is 2.52. The largest absolute Gasteiger partial charge is 0.497 e. The van der Waals surface area contributed by atoms with Gasteiger partial charge in [0.1, 0.15) is 11.6 Å². The molecule has 5 nitrogen and oxygen atoms in total. The summed E-state index contributed by atoms with van der Waals surface area (Å²) in [6, 6.07) is 4.58. The van der Waals surface area contributed by atoms with Crippen LogP contribution < -0.4 is 10.1 Å². The summed E-state index contributed by atoms with van der Waals surface area (Å²) >= 11 is 0. The zero-order chi connectivity index (χ0) is 15.0. The third kappa shape index (κ3) is 2.37. The smallest absolute Gasteiger partial charge is 0.226 e. The number of nitrogens with one attached hydrogen (secondary N) is 1. The molecule has 1 atom stereocenters. The summed E-state index contributed by atoms with van der Waals surface area (Å²) in [5.74, 6) is 0.244. The standard InChI is InChI=1S/C15H16FN3O2/c1-3-19-8-12-10(7-14(20)17-15(12)18-19)11-6-9(21-2)4-5-13(11)16/h4-6,8,10H,3,7H2,1-2H3,(H,17,18,20). The Balaban J connectivity index is 2.10. The van der Waals surface area contributed by atoms with Crippen LogP contribution in [0.15, 0.2) is 24.4 Å². The Hall–Kier alpha value is -2.37. The number of nitrogens with zero attached hydrogens (tertiary/aromatic N) is 2. The second-order valence-electron chi connectivity index (χ2n) is 4.98. The third-order valence-corrected chi connectivity index (χ3v) is 3.72. The molecule has 1 unspecified atom stereocenters. The van der Waals surface area contributed by atoms with Gasteiger partial charge in [0, 0.05) is 30.6 Å². The first kappa shape index (κ1) is 13.6. The predicted molar refractivity (Wildman–Crippen MR) is 75.9 cm³/mol.